The number of esters is 1. The van der Waals surface area contributed by atoms with Crippen LogP contribution in [-0.2, 0) is 14.3 Å². The summed E-state index contributed by atoms with van der Waals surface area (Å²) in [6.07, 6.45) is 3.66. The van der Waals surface area contributed by atoms with Crippen LogP contribution in [-0.4, -0.2) is 47.0 Å². The maximum atomic E-state index is 12.5. The molecule has 2 amide bonds. The fourth-order valence-electron chi connectivity index (χ4n) is 3.02. The Morgan fingerprint density at radius 1 is 1.12 bits per heavy atom. The van der Waals surface area contributed by atoms with E-state index >= 15 is 0 Å². The van der Waals surface area contributed by atoms with Gasteiger partial charge >= 0.3 is 5.97 Å². The van der Waals surface area contributed by atoms with Crippen LogP contribution in [0.1, 0.15) is 47.9 Å². The van der Waals surface area contributed by atoms with Crippen LogP contribution in [0.15, 0.2) is 36.4 Å². The molecular weight excluding hydrogens is 322 g/mol. The third-order valence-electron chi connectivity index (χ3n) is 4.01. The van der Waals surface area contributed by atoms with Gasteiger partial charge < -0.3 is 9.47 Å². The van der Waals surface area contributed by atoms with Crippen LogP contribution in [0.5, 0.6) is 0 Å². The monoisotopic (exact) mass is 343 g/mol. The zero-order chi connectivity index (χ0) is 18.2. The number of hydrogen-bond donors (Lipinski definition) is 0. The first-order chi connectivity index (χ1) is 11.8. The number of ether oxygens (including phenoxy) is 2. The largest absolute Gasteiger partial charge is 0.458 e. The predicted molar refractivity (Wildman–Crippen MR) is 90.1 cm³/mol. The molecule has 0 saturated carbocycles. The molecule has 0 radical (unpaired) electrons. The van der Waals surface area contributed by atoms with Gasteiger partial charge in [0.25, 0.3) is 11.8 Å². The van der Waals surface area contributed by atoms with Gasteiger partial charge in [0.2, 0.25) is 0 Å². The van der Waals surface area contributed by atoms with Gasteiger partial charge in [-0.15, -0.1) is 0 Å². The van der Waals surface area contributed by atoms with Crippen LogP contribution in [0.25, 0.3) is 0 Å². The Morgan fingerprint density at radius 3 is 2.28 bits per heavy atom. The summed E-state index contributed by atoms with van der Waals surface area (Å²) in [5.74, 6) is -1.02. The molecule has 2 aliphatic rings. The summed E-state index contributed by atoms with van der Waals surface area (Å²) in [5, 5.41) is 0. The molecule has 3 rings (SSSR count). The number of fused-ring (bicyclic) bond motifs is 1. The van der Waals surface area contributed by atoms with E-state index in [9.17, 15) is 14.4 Å². The molecule has 0 aromatic heterocycles. The van der Waals surface area contributed by atoms with Crippen molar-refractivity contribution >= 4 is 17.8 Å². The van der Waals surface area contributed by atoms with Gasteiger partial charge in [-0.3, -0.25) is 14.5 Å². The van der Waals surface area contributed by atoms with Crippen molar-refractivity contribution in [2.45, 2.75) is 44.9 Å². The Hall–Kier alpha value is -2.47. The first kappa shape index (κ1) is 17.4. The van der Waals surface area contributed by atoms with Crippen LogP contribution in [0.3, 0.4) is 0 Å². The SMILES string of the molecule is CC(C)(C)OC(=O)CO[C@H]1C=C[C@H](N2C(=O)c3ccccc3C2=O)C1. The Morgan fingerprint density at radius 2 is 1.72 bits per heavy atom. The number of carbonyl (C=O) groups excluding carboxylic acids is 3. The topological polar surface area (TPSA) is 72.9 Å². The van der Waals surface area contributed by atoms with E-state index in [-0.39, 0.29) is 30.6 Å². The van der Waals surface area contributed by atoms with E-state index in [4.69, 9.17) is 9.47 Å². The van der Waals surface area contributed by atoms with Crippen LogP contribution in [0.2, 0.25) is 0 Å². The molecule has 6 heteroatoms. The molecule has 0 bridgehead atoms. The van der Waals surface area contributed by atoms with Crippen LogP contribution in [0.4, 0.5) is 0 Å². The molecule has 1 aromatic carbocycles. The summed E-state index contributed by atoms with van der Waals surface area (Å²) >= 11 is 0. The van der Waals surface area contributed by atoms with Crippen molar-refractivity contribution < 1.29 is 23.9 Å². The predicted octanol–water partition coefficient (Wildman–Crippen LogP) is 2.34. The second kappa shape index (κ2) is 6.44. The average Bonchev–Trinajstić information content (AvgIpc) is 3.08. The summed E-state index contributed by atoms with van der Waals surface area (Å²) in [4.78, 5) is 37.9. The summed E-state index contributed by atoms with van der Waals surface area (Å²) in [6.45, 7) is 5.21. The van der Waals surface area contributed by atoms with Crippen molar-refractivity contribution in [3.05, 3.63) is 47.5 Å². The van der Waals surface area contributed by atoms with Crippen LogP contribution >= 0.6 is 0 Å². The van der Waals surface area contributed by atoms with Crippen molar-refractivity contribution in [2.75, 3.05) is 6.61 Å². The number of imide groups is 1. The molecule has 0 fully saturated rings. The number of benzene rings is 1. The van der Waals surface area contributed by atoms with Gasteiger partial charge in [-0.25, -0.2) is 4.79 Å². The minimum Gasteiger partial charge on any atom is -0.458 e. The lowest BCUT2D eigenvalue weighted by atomic mass is 10.1. The molecule has 1 aromatic rings. The van der Waals surface area contributed by atoms with Gasteiger partial charge in [-0.05, 0) is 32.9 Å². The van der Waals surface area contributed by atoms with Crippen molar-refractivity contribution in [2.24, 2.45) is 0 Å². The van der Waals surface area contributed by atoms with Gasteiger partial charge in [0.1, 0.15) is 12.2 Å². The average molecular weight is 343 g/mol. The van der Waals surface area contributed by atoms with E-state index in [1.165, 1.54) is 4.90 Å². The van der Waals surface area contributed by atoms with E-state index in [2.05, 4.69) is 0 Å². The highest BCUT2D eigenvalue weighted by Gasteiger charge is 2.41. The van der Waals surface area contributed by atoms with Crippen molar-refractivity contribution in [3.63, 3.8) is 0 Å². The highest BCUT2D eigenvalue weighted by atomic mass is 16.6. The Bertz CT molecular complexity index is 711. The summed E-state index contributed by atoms with van der Waals surface area (Å²) < 4.78 is 10.7. The van der Waals surface area contributed by atoms with Gasteiger partial charge in [0, 0.05) is 6.42 Å². The van der Waals surface area contributed by atoms with E-state index in [1.807, 2.05) is 0 Å². The molecule has 132 valence electrons. The van der Waals surface area contributed by atoms with Crippen molar-refractivity contribution in [1.29, 1.82) is 0 Å². The second-order valence-corrected chi connectivity index (χ2v) is 7.15. The smallest absolute Gasteiger partial charge is 0.332 e. The number of rotatable bonds is 4. The van der Waals surface area contributed by atoms with Gasteiger partial charge in [-0.1, -0.05) is 24.3 Å². The quantitative estimate of drug-likeness (QED) is 0.477. The minimum atomic E-state index is -0.561. The fourth-order valence-corrected chi connectivity index (χ4v) is 3.02. The second-order valence-electron chi connectivity index (χ2n) is 7.15. The Kier molecular flexibility index (Phi) is 4.47. The maximum absolute atomic E-state index is 12.5. The summed E-state index contributed by atoms with van der Waals surface area (Å²) in [7, 11) is 0. The molecule has 0 saturated heterocycles. The summed E-state index contributed by atoms with van der Waals surface area (Å²) in [5.41, 5.74) is 0.298. The lowest BCUT2D eigenvalue weighted by molar-refractivity contribution is -0.161. The maximum Gasteiger partial charge on any atom is 0.332 e. The number of amides is 2. The Labute approximate surface area is 146 Å². The van der Waals surface area contributed by atoms with E-state index in [0.717, 1.165) is 0 Å². The lowest BCUT2D eigenvalue weighted by Crippen LogP contribution is -2.38. The van der Waals surface area contributed by atoms with Crippen LogP contribution in [0, 0.1) is 0 Å². The van der Waals surface area contributed by atoms with Crippen LogP contribution < -0.4 is 0 Å². The minimum absolute atomic E-state index is 0.166. The molecule has 0 N–H and O–H groups in total. The van der Waals surface area contributed by atoms with E-state index in [1.54, 1.807) is 57.2 Å². The lowest BCUT2D eigenvalue weighted by Gasteiger charge is -2.22. The molecule has 1 aliphatic heterocycles. The van der Waals surface area contributed by atoms with E-state index in [0.29, 0.717) is 17.5 Å². The first-order valence-electron chi connectivity index (χ1n) is 8.25. The molecule has 6 nitrogen and oxygen atoms in total. The molecule has 0 spiro atoms. The highest BCUT2D eigenvalue weighted by molar-refractivity contribution is 6.21. The normalized spacial score (nSPS) is 22.4. The first-order valence-corrected chi connectivity index (χ1v) is 8.25. The van der Waals surface area contributed by atoms with Crippen molar-refractivity contribution in [3.8, 4) is 0 Å². The molecule has 1 heterocycles. The van der Waals surface area contributed by atoms with Gasteiger partial charge in [0.05, 0.1) is 23.3 Å². The third-order valence-corrected chi connectivity index (χ3v) is 4.01. The zero-order valence-electron chi connectivity index (χ0n) is 14.5. The molecular formula is C19H21NO5. The number of carbonyl (C=O) groups is 3. The standard InChI is InChI=1S/C19H21NO5/c1-19(2,3)25-16(21)11-24-13-9-8-12(10-13)20-17(22)14-6-4-5-7-15(14)18(20)23/h4-9,12-13H,10-11H2,1-3H3/t12-,13-/m0/s1. The molecule has 2 atom stereocenters. The van der Waals surface area contributed by atoms with Gasteiger partial charge in [-0.2, -0.15) is 0 Å². The number of hydrogen-bond acceptors (Lipinski definition) is 5. The molecule has 1 aliphatic carbocycles. The fraction of sp³-hybridized carbons (Fsp3) is 0.421. The number of nitrogens with zero attached hydrogens (tertiary/aromatic N) is 1. The Balaban J connectivity index is 1.58. The van der Waals surface area contributed by atoms with Gasteiger partial charge in [0.15, 0.2) is 0 Å². The highest BCUT2D eigenvalue weighted by Crippen LogP contribution is 2.29. The zero-order valence-corrected chi connectivity index (χ0v) is 14.5. The van der Waals surface area contributed by atoms with Crippen molar-refractivity contribution in [1.82, 2.24) is 4.90 Å². The molecule has 0 unspecified atom stereocenters. The summed E-state index contributed by atoms with van der Waals surface area (Å²) in [6, 6.07) is 6.43. The molecule has 25 heavy (non-hydrogen) atoms. The van der Waals surface area contributed by atoms with E-state index < -0.39 is 11.6 Å². The third kappa shape index (κ3) is 3.64.